The predicted molar refractivity (Wildman–Crippen MR) is 207 cm³/mol. The van der Waals surface area contributed by atoms with Crippen molar-refractivity contribution in [2.24, 2.45) is 28.7 Å². The van der Waals surface area contributed by atoms with Gasteiger partial charge >= 0.3 is 0 Å². The molecule has 23 heteroatoms. The van der Waals surface area contributed by atoms with Crippen molar-refractivity contribution >= 4 is 5.91 Å². The minimum absolute atomic E-state index is 0.00142. The number of amides is 1. The number of aliphatic hydroxyl groups is 8. The van der Waals surface area contributed by atoms with Gasteiger partial charge in [-0.25, -0.2) is 0 Å². The predicted octanol–water partition coefficient (Wildman–Crippen LogP) is -8.14. The van der Waals surface area contributed by atoms with Gasteiger partial charge in [-0.2, -0.15) is 0 Å². The number of benzene rings is 1. The molecule has 4 fully saturated rings. The molecule has 20 N–H and O–H groups in total. The second kappa shape index (κ2) is 23.0. The van der Waals surface area contributed by atoms with Crippen LogP contribution in [0.25, 0.3) is 0 Å². The molecule has 0 aromatic heterocycles. The number of carbonyl (C=O) groups is 1. The van der Waals surface area contributed by atoms with Crippen molar-refractivity contribution < 1.29 is 78.8 Å². The van der Waals surface area contributed by atoms with E-state index in [2.05, 4.69) is 10.6 Å². The Morgan fingerprint density at radius 2 is 1.32 bits per heavy atom. The van der Waals surface area contributed by atoms with Crippen LogP contribution < -0.4 is 39.3 Å². The van der Waals surface area contributed by atoms with Crippen LogP contribution in [0.2, 0.25) is 0 Å². The van der Waals surface area contributed by atoms with Crippen LogP contribution in [0.15, 0.2) is 30.3 Å². The maximum Gasteiger partial charge on any atom is 0.249 e. The zero-order valence-corrected chi connectivity index (χ0v) is 33.2. The lowest BCUT2D eigenvalue weighted by Crippen LogP contribution is -2.69. The molecule has 3 saturated heterocycles. The smallest absolute Gasteiger partial charge is 0.249 e. The summed E-state index contributed by atoms with van der Waals surface area (Å²) in [4.78, 5) is 12.9. The first-order chi connectivity index (χ1) is 28.7. The first kappa shape index (κ1) is 48.9. The van der Waals surface area contributed by atoms with E-state index in [0.29, 0.717) is 13.1 Å². The van der Waals surface area contributed by atoms with Crippen molar-refractivity contribution in [3.8, 4) is 0 Å². The molecular formula is C37H65N7O16. The Hall–Kier alpha value is -2.15. The van der Waals surface area contributed by atoms with Gasteiger partial charge in [-0.1, -0.05) is 30.3 Å². The molecule has 1 aromatic rings. The van der Waals surface area contributed by atoms with Gasteiger partial charge in [0.15, 0.2) is 18.9 Å². The largest absolute Gasteiger partial charge is 0.394 e. The Labute approximate surface area is 347 Å². The Morgan fingerprint density at radius 3 is 1.93 bits per heavy atom. The van der Waals surface area contributed by atoms with Crippen LogP contribution in [-0.4, -0.2) is 215 Å². The van der Waals surface area contributed by atoms with E-state index < -0.39 is 142 Å². The maximum atomic E-state index is 12.9. The molecular weight excluding hydrogens is 798 g/mol. The number of rotatable bonds is 20. The highest BCUT2D eigenvalue weighted by atomic mass is 16.8. The number of carbonyl (C=O) groups excluding carboxylic acids is 1. The minimum Gasteiger partial charge on any atom is -0.394 e. The summed E-state index contributed by atoms with van der Waals surface area (Å²) >= 11 is 0. The van der Waals surface area contributed by atoms with Crippen LogP contribution in [0.1, 0.15) is 18.4 Å². The van der Waals surface area contributed by atoms with E-state index >= 15 is 0 Å². The molecule has 1 aliphatic carbocycles. The second-order valence-corrected chi connectivity index (χ2v) is 15.6. The molecule has 0 unspecified atom stereocenters. The summed E-state index contributed by atoms with van der Waals surface area (Å²) in [5, 5.41) is 90.7. The Kier molecular flexibility index (Phi) is 18.7. The summed E-state index contributed by atoms with van der Waals surface area (Å²) in [6, 6.07) is 4.94. The lowest BCUT2D eigenvalue weighted by molar-refractivity contribution is -0.312. The average molecular weight is 864 g/mol. The van der Waals surface area contributed by atoms with Crippen LogP contribution in [0.4, 0.5) is 0 Å². The van der Waals surface area contributed by atoms with Gasteiger partial charge in [-0.15, -0.1) is 0 Å². The van der Waals surface area contributed by atoms with Gasteiger partial charge in [0.25, 0.3) is 0 Å². The molecule has 23 nitrogen and oxygen atoms in total. The topological polar surface area (TPSA) is 398 Å². The van der Waals surface area contributed by atoms with Crippen LogP contribution >= 0.6 is 0 Å². The third kappa shape index (κ3) is 11.7. The molecule has 3 aliphatic heterocycles. The number of nitrogens with one attached hydrogen (secondary N) is 2. The van der Waals surface area contributed by atoms with Gasteiger partial charge in [0.05, 0.1) is 37.9 Å². The SMILES string of the molecule is NCC[C@H](O)C(=O)N[C@@H]1C[C@H](N)[C@@H](O[C@H]2O[C@H](CO)[C@@H](O)[C@H](O)[C@H]2N)[C@H](O[C@@H]2O[C@H](CO)[C@@H](O[C@H]3O[C@@H](CN)[C@@H](O)[C@H](O)[C@H]3N)[C@H]2OCCNCCc2ccccc2)[C@H]1O. The molecule has 5 rings (SSSR count). The minimum atomic E-state index is -1.65. The van der Waals surface area contributed by atoms with E-state index in [9.17, 15) is 45.6 Å². The summed E-state index contributed by atoms with van der Waals surface area (Å²) < 4.78 is 42.9. The molecule has 1 aromatic carbocycles. The zero-order chi connectivity index (χ0) is 43.7. The second-order valence-electron chi connectivity index (χ2n) is 15.6. The van der Waals surface area contributed by atoms with Gasteiger partial charge in [-0.3, -0.25) is 4.79 Å². The molecule has 0 bridgehead atoms. The molecule has 4 aliphatic rings. The lowest BCUT2D eigenvalue weighted by Gasteiger charge is -2.48. The van der Waals surface area contributed by atoms with E-state index in [1.165, 1.54) is 0 Å². The number of ether oxygens (including phenoxy) is 7. The quantitative estimate of drug-likeness (QED) is 0.0541. The van der Waals surface area contributed by atoms with Crippen LogP contribution in [0.5, 0.6) is 0 Å². The van der Waals surface area contributed by atoms with Gasteiger partial charge in [-0.05, 0) is 37.9 Å². The summed E-state index contributed by atoms with van der Waals surface area (Å²) in [6.07, 6.45) is -22.0. The van der Waals surface area contributed by atoms with Crippen molar-refractivity contribution in [2.75, 3.05) is 46.0 Å². The summed E-state index contributed by atoms with van der Waals surface area (Å²) in [7, 11) is 0. The van der Waals surface area contributed by atoms with E-state index in [0.717, 1.165) is 12.0 Å². The van der Waals surface area contributed by atoms with E-state index in [1.807, 2.05) is 30.3 Å². The van der Waals surface area contributed by atoms with E-state index in [1.54, 1.807) is 0 Å². The molecule has 344 valence electrons. The van der Waals surface area contributed by atoms with Crippen molar-refractivity contribution in [1.29, 1.82) is 0 Å². The Balaban J connectivity index is 1.41. The monoisotopic (exact) mass is 863 g/mol. The highest BCUT2D eigenvalue weighted by Crippen LogP contribution is 2.36. The van der Waals surface area contributed by atoms with Crippen molar-refractivity contribution in [3.05, 3.63) is 35.9 Å². The van der Waals surface area contributed by atoms with E-state index in [-0.39, 0.29) is 32.5 Å². The zero-order valence-electron chi connectivity index (χ0n) is 33.2. The fourth-order valence-electron chi connectivity index (χ4n) is 7.80. The molecule has 1 amide bonds. The standard InChI is InChI=1S/C37H65N7O16/c38-8-6-19(47)34(53)44-18-12-17(40)30(58-36-24(42)29(52)27(50)21(14-45)56-36)32(25(18)48)60-37-33(54-11-10-43-9-7-16-4-2-1-3-5-16)31(22(15-46)57-37)59-35-23(41)28(51)26(49)20(13-39)55-35/h1-5,17-33,35-37,43,45-52H,6-15,38-42H2,(H,44,53)/t17-,18+,19-,20-,21+,22+,23+,24+,25-,26+,27+,28+,29+,30+,31+,32+,33+,35+,36+,37-/m0/s1. The summed E-state index contributed by atoms with van der Waals surface area (Å²) in [5.74, 6) is -0.839. The fraction of sp³-hybridized carbons (Fsp3) is 0.811. The first-order valence-electron chi connectivity index (χ1n) is 20.3. The molecule has 20 atom stereocenters. The normalized spacial score (nSPS) is 41.6. The Bertz CT molecular complexity index is 1430. The van der Waals surface area contributed by atoms with Crippen LogP contribution in [-0.2, 0) is 44.4 Å². The molecule has 0 radical (unpaired) electrons. The van der Waals surface area contributed by atoms with Gasteiger partial charge in [0, 0.05) is 19.1 Å². The third-order valence-corrected chi connectivity index (χ3v) is 11.3. The Morgan fingerprint density at radius 1 is 0.733 bits per heavy atom. The molecule has 3 heterocycles. The lowest BCUT2D eigenvalue weighted by atomic mass is 9.83. The van der Waals surface area contributed by atoms with Gasteiger partial charge < -0.3 is 113 Å². The highest BCUT2D eigenvalue weighted by molar-refractivity contribution is 5.80. The number of nitrogens with two attached hydrogens (primary N) is 5. The van der Waals surface area contributed by atoms with Crippen molar-refractivity contribution in [3.63, 3.8) is 0 Å². The van der Waals surface area contributed by atoms with Crippen LogP contribution in [0.3, 0.4) is 0 Å². The maximum absolute atomic E-state index is 12.9. The number of aliphatic hydroxyl groups excluding tert-OH is 8. The number of hydrogen-bond donors (Lipinski definition) is 15. The molecule has 60 heavy (non-hydrogen) atoms. The van der Waals surface area contributed by atoms with Gasteiger partial charge in [0.2, 0.25) is 5.91 Å². The summed E-state index contributed by atoms with van der Waals surface area (Å²) in [6.45, 7) is -0.604. The molecule has 0 spiro atoms. The first-order valence-corrected chi connectivity index (χ1v) is 20.3. The fourth-order valence-corrected chi connectivity index (χ4v) is 7.80. The van der Waals surface area contributed by atoms with Crippen LogP contribution in [0, 0.1) is 0 Å². The van der Waals surface area contributed by atoms with Gasteiger partial charge in [0.1, 0.15) is 79.4 Å². The van der Waals surface area contributed by atoms with E-state index in [4.69, 9.17) is 61.8 Å². The number of hydrogen-bond acceptors (Lipinski definition) is 22. The van der Waals surface area contributed by atoms with Crippen molar-refractivity contribution in [1.82, 2.24) is 10.6 Å². The third-order valence-electron chi connectivity index (χ3n) is 11.3. The molecule has 1 saturated carbocycles. The average Bonchev–Trinajstić information content (AvgIpc) is 3.57. The highest BCUT2D eigenvalue weighted by Gasteiger charge is 2.55. The van der Waals surface area contributed by atoms with Crippen molar-refractivity contribution in [2.45, 2.75) is 142 Å². The summed E-state index contributed by atoms with van der Waals surface area (Å²) in [5.41, 5.74) is 31.5.